The number of methoxy groups -OCH3 is 1. The second-order valence-corrected chi connectivity index (χ2v) is 5.93. The number of amides is 2. The maximum Gasteiger partial charge on any atom is 0.314 e. The molecule has 0 saturated carbocycles. The van der Waals surface area contributed by atoms with Crippen LogP contribution in [0.2, 0.25) is 0 Å². The van der Waals surface area contributed by atoms with Crippen LogP contribution < -0.4 is 15.4 Å². The summed E-state index contributed by atoms with van der Waals surface area (Å²) in [5.41, 5.74) is 0.509. The lowest BCUT2D eigenvalue weighted by Crippen LogP contribution is -2.46. The fourth-order valence-electron chi connectivity index (χ4n) is 3.00. The smallest absolute Gasteiger partial charge is 0.314 e. The number of aryl methyl sites for hydroxylation is 1. The largest absolute Gasteiger partial charge is 0.497 e. The zero-order valence-electron chi connectivity index (χ0n) is 13.7. The minimum absolute atomic E-state index is 0.0581. The number of nitrogens with one attached hydrogen (secondary N) is 2. The topological polar surface area (TPSA) is 114 Å². The van der Waals surface area contributed by atoms with Crippen LogP contribution in [-0.4, -0.2) is 35.7 Å². The Kier molecular flexibility index (Phi) is 4.71. The molecule has 3 N–H and O–H groups in total. The van der Waals surface area contributed by atoms with Crippen LogP contribution >= 0.6 is 0 Å². The van der Waals surface area contributed by atoms with E-state index >= 15 is 0 Å². The first-order chi connectivity index (χ1) is 12.0. The summed E-state index contributed by atoms with van der Waals surface area (Å²) in [6.45, 7) is -0.0581. The van der Waals surface area contributed by atoms with E-state index in [2.05, 4.69) is 20.3 Å². The lowest BCUT2D eigenvalue weighted by Gasteiger charge is -2.34. The van der Waals surface area contributed by atoms with E-state index in [1.807, 2.05) is 6.07 Å². The molecule has 0 unspecified atom stereocenters. The minimum atomic E-state index is -1.22. The highest BCUT2D eigenvalue weighted by atomic mass is 16.5. The Morgan fingerprint density at radius 3 is 2.92 bits per heavy atom. The third-order valence-electron chi connectivity index (χ3n) is 4.28. The number of fused-ring (bicyclic) bond motifs is 1. The molecule has 1 aromatic heterocycles. The number of ether oxygens (including phenoxy) is 1. The van der Waals surface area contributed by atoms with Crippen molar-refractivity contribution < 1.29 is 24.0 Å². The number of anilines is 1. The van der Waals surface area contributed by atoms with Gasteiger partial charge < -0.3 is 19.7 Å². The van der Waals surface area contributed by atoms with E-state index in [1.54, 1.807) is 19.2 Å². The SMILES string of the molecule is COc1ccc2c(c1)CCC[C@]2(O)CNC(=O)C(=O)Nc1ccon1. The Balaban J connectivity index is 1.66. The number of aliphatic hydroxyl groups is 1. The third-order valence-corrected chi connectivity index (χ3v) is 4.28. The lowest BCUT2D eigenvalue weighted by atomic mass is 9.79. The molecule has 0 fully saturated rings. The molecule has 1 aliphatic rings. The standard InChI is InChI=1S/C17H19N3O5/c1-24-12-4-5-13-11(9-12)3-2-7-17(13,23)10-18-15(21)16(22)19-14-6-8-25-20-14/h4-6,8-9,23H,2-3,7,10H2,1H3,(H,18,21)(H,19,20,22)/t17-/m0/s1. The van der Waals surface area contributed by atoms with Crippen molar-refractivity contribution in [3.05, 3.63) is 41.7 Å². The molecule has 2 aromatic rings. The maximum absolute atomic E-state index is 12.0. The molecule has 8 nitrogen and oxygen atoms in total. The second kappa shape index (κ2) is 6.94. The van der Waals surface area contributed by atoms with Crippen molar-refractivity contribution in [2.24, 2.45) is 0 Å². The Bertz CT molecular complexity index is 775. The van der Waals surface area contributed by atoms with E-state index in [-0.39, 0.29) is 12.4 Å². The fraction of sp³-hybridized carbons (Fsp3) is 0.353. The summed E-state index contributed by atoms with van der Waals surface area (Å²) in [7, 11) is 1.59. The molecule has 8 heteroatoms. The van der Waals surface area contributed by atoms with Crippen LogP contribution in [-0.2, 0) is 21.6 Å². The molecular weight excluding hydrogens is 326 g/mol. The van der Waals surface area contributed by atoms with Gasteiger partial charge in [0.1, 0.15) is 17.6 Å². The van der Waals surface area contributed by atoms with E-state index < -0.39 is 17.4 Å². The van der Waals surface area contributed by atoms with Crippen molar-refractivity contribution in [3.63, 3.8) is 0 Å². The van der Waals surface area contributed by atoms with Crippen molar-refractivity contribution in [2.45, 2.75) is 24.9 Å². The predicted molar refractivity (Wildman–Crippen MR) is 88.0 cm³/mol. The number of nitrogens with zero attached hydrogens (tertiary/aromatic N) is 1. The quantitative estimate of drug-likeness (QED) is 0.711. The monoisotopic (exact) mass is 345 g/mol. The lowest BCUT2D eigenvalue weighted by molar-refractivity contribution is -0.137. The molecule has 0 spiro atoms. The summed E-state index contributed by atoms with van der Waals surface area (Å²) in [6, 6.07) is 6.88. The van der Waals surface area contributed by atoms with Gasteiger partial charge in [-0.2, -0.15) is 0 Å². The summed E-state index contributed by atoms with van der Waals surface area (Å²) < 4.78 is 9.79. The van der Waals surface area contributed by atoms with Crippen LogP contribution in [0.5, 0.6) is 5.75 Å². The molecule has 2 amide bonds. The van der Waals surface area contributed by atoms with E-state index in [0.29, 0.717) is 6.42 Å². The molecule has 132 valence electrons. The summed E-state index contributed by atoms with van der Waals surface area (Å²) in [5, 5.41) is 19.2. The van der Waals surface area contributed by atoms with Crippen molar-refractivity contribution in [1.82, 2.24) is 10.5 Å². The minimum Gasteiger partial charge on any atom is -0.497 e. The van der Waals surface area contributed by atoms with Gasteiger partial charge in [-0.1, -0.05) is 11.2 Å². The van der Waals surface area contributed by atoms with Crippen molar-refractivity contribution >= 4 is 17.6 Å². The third kappa shape index (κ3) is 3.63. The van der Waals surface area contributed by atoms with Crippen LogP contribution in [0.3, 0.4) is 0 Å². The van der Waals surface area contributed by atoms with E-state index in [0.717, 1.165) is 29.7 Å². The zero-order valence-corrected chi connectivity index (χ0v) is 13.7. The first kappa shape index (κ1) is 17.0. The molecule has 1 aliphatic carbocycles. The predicted octanol–water partition coefficient (Wildman–Crippen LogP) is 0.962. The number of hydrogen-bond donors (Lipinski definition) is 3. The molecule has 0 bridgehead atoms. The number of benzene rings is 1. The Morgan fingerprint density at radius 1 is 1.36 bits per heavy atom. The number of rotatable bonds is 4. The van der Waals surface area contributed by atoms with Gasteiger partial charge in [0.2, 0.25) is 0 Å². The van der Waals surface area contributed by atoms with Gasteiger partial charge in [-0.3, -0.25) is 14.9 Å². The molecule has 0 saturated heterocycles. The zero-order chi connectivity index (χ0) is 17.9. The highest BCUT2D eigenvalue weighted by Gasteiger charge is 2.35. The number of aromatic nitrogens is 1. The average Bonchev–Trinajstić information content (AvgIpc) is 3.12. The Morgan fingerprint density at radius 2 is 2.20 bits per heavy atom. The average molecular weight is 345 g/mol. The van der Waals surface area contributed by atoms with Crippen LogP contribution in [0.4, 0.5) is 5.82 Å². The summed E-state index contributed by atoms with van der Waals surface area (Å²) in [4.78, 5) is 23.8. The van der Waals surface area contributed by atoms with Crippen LogP contribution in [0.15, 0.2) is 35.1 Å². The molecule has 0 aliphatic heterocycles. The molecule has 0 radical (unpaired) electrons. The summed E-state index contributed by atoms with van der Waals surface area (Å²) in [5.74, 6) is -0.853. The summed E-state index contributed by atoms with van der Waals surface area (Å²) in [6.07, 6.45) is 3.38. The first-order valence-electron chi connectivity index (χ1n) is 7.91. The Hall–Kier alpha value is -2.87. The fourth-order valence-corrected chi connectivity index (χ4v) is 3.00. The van der Waals surface area contributed by atoms with Crippen molar-refractivity contribution in [2.75, 3.05) is 19.0 Å². The molecule has 1 aromatic carbocycles. The van der Waals surface area contributed by atoms with Gasteiger partial charge >= 0.3 is 11.8 Å². The van der Waals surface area contributed by atoms with Crippen molar-refractivity contribution in [3.8, 4) is 5.75 Å². The van der Waals surface area contributed by atoms with Crippen LogP contribution in [0.1, 0.15) is 24.0 Å². The van der Waals surface area contributed by atoms with Gasteiger partial charge in [-0.15, -0.1) is 0 Å². The normalized spacial score (nSPS) is 19.0. The molecule has 1 heterocycles. The van der Waals surface area contributed by atoms with Gasteiger partial charge in [0.25, 0.3) is 0 Å². The maximum atomic E-state index is 12.0. The van der Waals surface area contributed by atoms with Crippen molar-refractivity contribution in [1.29, 1.82) is 0 Å². The van der Waals surface area contributed by atoms with Gasteiger partial charge in [0, 0.05) is 6.07 Å². The molecule has 1 atom stereocenters. The second-order valence-electron chi connectivity index (χ2n) is 5.93. The van der Waals surface area contributed by atoms with Gasteiger partial charge in [0.15, 0.2) is 5.82 Å². The van der Waals surface area contributed by atoms with Gasteiger partial charge in [0.05, 0.1) is 13.7 Å². The highest BCUT2D eigenvalue weighted by Crippen LogP contribution is 2.36. The van der Waals surface area contributed by atoms with E-state index in [1.165, 1.54) is 12.3 Å². The van der Waals surface area contributed by atoms with E-state index in [9.17, 15) is 14.7 Å². The van der Waals surface area contributed by atoms with Crippen LogP contribution in [0.25, 0.3) is 0 Å². The number of carbonyl (C=O) groups is 2. The molecule has 3 rings (SSSR count). The van der Waals surface area contributed by atoms with Gasteiger partial charge in [-0.05, 0) is 42.5 Å². The number of carbonyl (C=O) groups excluding carboxylic acids is 2. The van der Waals surface area contributed by atoms with Crippen LogP contribution in [0, 0.1) is 0 Å². The first-order valence-corrected chi connectivity index (χ1v) is 7.91. The van der Waals surface area contributed by atoms with E-state index in [4.69, 9.17) is 4.74 Å². The van der Waals surface area contributed by atoms with Gasteiger partial charge in [-0.25, -0.2) is 0 Å². The molecular formula is C17H19N3O5. The Labute approximate surface area is 144 Å². The number of hydrogen-bond acceptors (Lipinski definition) is 6. The highest BCUT2D eigenvalue weighted by molar-refractivity contribution is 6.39. The molecule has 25 heavy (non-hydrogen) atoms. The summed E-state index contributed by atoms with van der Waals surface area (Å²) >= 11 is 0.